The third-order valence-corrected chi connectivity index (χ3v) is 2.74. The third kappa shape index (κ3) is 9.13. The van der Waals surface area contributed by atoms with Crippen molar-refractivity contribution in [3.05, 3.63) is 0 Å². The molecule has 0 fully saturated rings. The molecule has 16 heavy (non-hydrogen) atoms. The Bertz CT molecular complexity index is 142. The lowest BCUT2D eigenvalue weighted by Crippen LogP contribution is -2.40. The Kier molecular flexibility index (Phi) is 11.3. The summed E-state index contributed by atoms with van der Waals surface area (Å²) in [5.41, 5.74) is 0. The van der Waals surface area contributed by atoms with Gasteiger partial charge in [-0.1, -0.05) is 20.3 Å². The van der Waals surface area contributed by atoms with Crippen LogP contribution in [0.15, 0.2) is 0 Å². The van der Waals surface area contributed by atoms with Crippen molar-refractivity contribution in [2.24, 2.45) is 0 Å². The van der Waals surface area contributed by atoms with Crippen molar-refractivity contribution in [2.45, 2.75) is 45.6 Å². The van der Waals surface area contributed by atoms with Gasteiger partial charge in [0.1, 0.15) is 0 Å². The molecular formula is C13H30N2O. The first kappa shape index (κ1) is 15.9. The zero-order valence-corrected chi connectivity index (χ0v) is 11.6. The average molecular weight is 230 g/mol. The lowest BCUT2D eigenvalue weighted by atomic mass is 10.1. The molecule has 0 radical (unpaired) electrons. The Morgan fingerprint density at radius 1 is 1.25 bits per heavy atom. The predicted molar refractivity (Wildman–Crippen MR) is 71.0 cm³/mol. The Morgan fingerprint density at radius 3 is 2.56 bits per heavy atom. The van der Waals surface area contributed by atoms with Crippen LogP contribution >= 0.6 is 0 Å². The van der Waals surface area contributed by atoms with E-state index in [2.05, 4.69) is 31.1 Å². The molecule has 0 aliphatic heterocycles. The number of likely N-dealkylation sites (N-methyl/N-ethyl adjacent to an activating group) is 1. The SMILES string of the molecule is CCCNC(CCC)CN(C)CCCOC. The van der Waals surface area contributed by atoms with Crippen molar-refractivity contribution in [3.63, 3.8) is 0 Å². The molecule has 0 bridgehead atoms. The second kappa shape index (κ2) is 11.4. The summed E-state index contributed by atoms with van der Waals surface area (Å²) in [5.74, 6) is 0. The minimum atomic E-state index is 0.650. The Morgan fingerprint density at radius 2 is 2.00 bits per heavy atom. The summed E-state index contributed by atoms with van der Waals surface area (Å²) in [4.78, 5) is 2.40. The number of nitrogens with one attached hydrogen (secondary N) is 1. The van der Waals surface area contributed by atoms with Gasteiger partial charge in [-0.2, -0.15) is 0 Å². The van der Waals surface area contributed by atoms with Crippen LogP contribution in [0.25, 0.3) is 0 Å². The minimum Gasteiger partial charge on any atom is -0.385 e. The van der Waals surface area contributed by atoms with Crippen molar-refractivity contribution >= 4 is 0 Å². The first-order chi connectivity index (χ1) is 7.74. The highest BCUT2D eigenvalue weighted by Gasteiger charge is 2.09. The minimum absolute atomic E-state index is 0.650. The highest BCUT2D eigenvalue weighted by molar-refractivity contribution is 4.70. The summed E-state index contributed by atoms with van der Waals surface area (Å²) >= 11 is 0. The van der Waals surface area contributed by atoms with Crippen molar-refractivity contribution in [1.82, 2.24) is 10.2 Å². The van der Waals surface area contributed by atoms with Gasteiger partial charge in [-0.05, 0) is 32.9 Å². The fraction of sp³-hybridized carbons (Fsp3) is 1.00. The van der Waals surface area contributed by atoms with Crippen LogP contribution in [0.4, 0.5) is 0 Å². The van der Waals surface area contributed by atoms with Crippen molar-refractivity contribution in [1.29, 1.82) is 0 Å². The zero-order chi connectivity index (χ0) is 12.2. The van der Waals surface area contributed by atoms with Crippen LogP contribution in [0.2, 0.25) is 0 Å². The van der Waals surface area contributed by atoms with Crippen LogP contribution < -0.4 is 5.32 Å². The largest absolute Gasteiger partial charge is 0.385 e. The molecule has 0 aromatic rings. The molecule has 0 aromatic heterocycles. The van der Waals surface area contributed by atoms with E-state index in [4.69, 9.17) is 4.74 Å². The summed E-state index contributed by atoms with van der Waals surface area (Å²) in [6.07, 6.45) is 4.87. The Hall–Kier alpha value is -0.120. The first-order valence-electron chi connectivity index (χ1n) is 6.65. The number of nitrogens with zero attached hydrogens (tertiary/aromatic N) is 1. The number of rotatable bonds is 11. The monoisotopic (exact) mass is 230 g/mol. The quantitative estimate of drug-likeness (QED) is 0.550. The second-order valence-electron chi connectivity index (χ2n) is 4.55. The van der Waals surface area contributed by atoms with Gasteiger partial charge in [0.25, 0.3) is 0 Å². The van der Waals surface area contributed by atoms with E-state index in [9.17, 15) is 0 Å². The Balaban J connectivity index is 3.68. The number of ether oxygens (including phenoxy) is 1. The molecule has 98 valence electrons. The van der Waals surface area contributed by atoms with Crippen LogP contribution in [0, 0.1) is 0 Å². The molecule has 0 amide bonds. The van der Waals surface area contributed by atoms with Crippen LogP contribution in [-0.2, 0) is 4.74 Å². The van der Waals surface area contributed by atoms with Gasteiger partial charge in [0.05, 0.1) is 0 Å². The summed E-state index contributed by atoms with van der Waals surface area (Å²) in [7, 11) is 3.97. The van der Waals surface area contributed by atoms with Gasteiger partial charge in [0.2, 0.25) is 0 Å². The van der Waals surface area contributed by atoms with E-state index < -0.39 is 0 Å². The number of hydrogen-bond acceptors (Lipinski definition) is 3. The van der Waals surface area contributed by atoms with Gasteiger partial charge < -0.3 is 15.0 Å². The molecule has 0 heterocycles. The van der Waals surface area contributed by atoms with Crippen molar-refractivity contribution in [2.75, 3.05) is 40.4 Å². The van der Waals surface area contributed by atoms with Crippen LogP contribution in [0.5, 0.6) is 0 Å². The fourth-order valence-corrected chi connectivity index (χ4v) is 1.90. The predicted octanol–water partition coefficient (Wildman–Crippen LogP) is 2.12. The van der Waals surface area contributed by atoms with Gasteiger partial charge >= 0.3 is 0 Å². The standard InChI is InChI=1S/C13H30N2O/c1-5-8-13(14-9-6-2)12-15(3)10-7-11-16-4/h13-14H,5-12H2,1-4H3. The smallest absolute Gasteiger partial charge is 0.0474 e. The molecule has 3 heteroatoms. The average Bonchev–Trinajstić information content (AvgIpc) is 2.26. The lowest BCUT2D eigenvalue weighted by Gasteiger charge is -2.24. The van der Waals surface area contributed by atoms with E-state index in [1.165, 1.54) is 19.3 Å². The maximum Gasteiger partial charge on any atom is 0.0474 e. The molecule has 1 N–H and O–H groups in total. The summed E-state index contributed by atoms with van der Waals surface area (Å²) in [6, 6.07) is 0.650. The van der Waals surface area contributed by atoms with Crippen molar-refractivity contribution in [3.8, 4) is 0 Å². The van der Waals surface area contributed by atoms with Gasteiger partial charge in [0, 0.05) is 32.8 Å². The van der Waals surface area contributed by atoms with E-state index in [-0.39, 0.29) is 0 Å². The van der Waals surface area contributed by atoms with Gasteiger partial charge in [-0.3, -0.25) is 0 Å². The molecule has 0 aromatic carbocycles. The lowest BCUT2D eigenvalue weighted by molar-refractivity contribution is 0.175. The number of hydrogen-bond donors (Lipinski definition) is 1. The van der Waals surface area contributed by atoms with Crippen LogP contribution in [-0.4, -0.2) is 51.3 Å². The molecule has 0 aliphatic rings. The van der Waals surface area contributed by atoms with E-state index in [1.807, 2.05) is 0 Å². The molecule has 0 spiro atoms. The van der Waals surface area contributed by atoms with Gasteiger partial charge in [-0.25, -0.2) is 0 Å². The highest BCUT2D eigenvalue weighted by atomic mass is 16.5. The molecule has 0 saturated heterocycles. The highest BCUT2D eigenvalue weighted by Crippen LogP contribution is 2.00. The summed E-state index contributed by atoms with van der Waals surface area (Å²) in [6.45, 7) is 8.75. The van der Waals surface area contributed by atoms with E-state index in [1.54, 1.807) is 7.11 Å². The normalized spacial score (nSPS) is 13.3. The van der Waals surface area contributed by atoms with E-state index >= 15 is 0 Å². The van der Waals surface area contributed by atoms with Crippen LogP contribution in [0.1, 0.15) is 39.5 Å². The molecule has 0 aliphatic carbocycles. The van der Waals surface area contributed by atoms with E-state index in [0.717, 1.165) is 32.7 Å². The molecule has 0 rings (SSSR count). The molecule has 1 unspecified atom stereocenters. The van der Waals surface area contributed by atoms with Gasteiger partial charge in [0.15, 0.2) is 0 Å². The maximum atomic E-state index is 5.07. The molecular weight excluding hydrogens is 200 g/mol. The topological polar surface area (TPSA) is 24.5 Å². The van der Waals surface area contributed by atoms with Crippen LogP contribution in [0.3, 0.4) is 0 Å². The second-order valence-corrected chi connectivity index (χ2v) is 4.55. The maximum absolute atomic E-state index is 5.07. The Labute approximate surface area is 102 Å². The summed E-state index contributed by atoms with van der Waals surface area (Å²) < 4.78 is 5.07. The molecule has 1 atom stereocenters. The molecule has 0 saturated carbocycles. The fourth-order valence-electron chi connectivity index (χ4n) is 1.90. The van der Waals surface area contributed by atoms with Gasteiger partial charge in [-0.15, -0.1) is 0 Å². The summed E-state index contributed by atoms with van der Waals surface area (Å²) in [5, 5.41) is 3.62. The third-order valence-electron chi connectivity index (χ3n) is 2.74. The number of methoxy groups -OCH3 is 1. The molecule has 3 nitrogen and oxygen atoms in total. The van der Waals surface area contributed by atoms with E-state index in [0.29, 0.717) is 6.04 Å². The zero-order valence-electron chi connectivity index (χ0n) is 11.6. The first-order valence-corrected chi connectivity index (χ1v) is 6.65. The van der Waals surface area contributed by atoms with Crippen molar-refractivity contribution < 1.29 is 4.74 Å².